The average molecular weight is 221 g/mol. The smallest absolute Gasteiger partial charge is 0.325 e. The van der Waals surface area contributed by atoms with Crippen LogP contribution in [-0.4, -0.2) is 16.6 Å². The third-order valence-corrected chi connectivity index (χ3v) is 3.16. The van der Waals surface area contributed by atoms with Gasteiger partial charge in [0, 0.05) is 25.0 Å². The summed E-state index contributed by atoms with van der Waals surface area (Å²) in [6.45, 7) is 0.476. The summed E-state index contributed by atoms with van der Waals surface area (Å²) in [6.07, 6.45) is 9.52. The van der Waals surface area contributed by atoms with E-state index in [9.17, 15) is 4.79 Å². The lowest BCUT2D eigenvalue weighted by Gasteiger charge is -2.22. The van der Waals surface area contributed by atoms with Crippen molar-refractivity contribution in [3.8, 4) is 0 Å². The molecule has 3 N–H and O–H groups in total. The molecule has 4 heteroatoms. The Kier molecular flexibility index (Phi) is 3.62. The molecule has 0 bridgehead atoms. The van der Waals surface area contributed by atoms with Crippen molar-refractivity contribution in [1.29, 1.82) is 0 Å². The second kappa shape index (κ2) is 5.16. The van der Waals surface area contributed by atoms with Gasteiger partial charge in [-0.2, -0.15) is 0 Å². The molecule has 1 aliphatic rings. The van der Waals surface area contributed by atoms with E-state index in [4.69, 9.17) is 5.73 Å². The van der Waals surface area contributed by atoms with Crippen molar-refractivity contribution >= 4 is 6.03 Å². The Morgan fingerprint density at radius 1 is 1.44 bits per heavy atom. The SMILES string of the molecule is NCc1ccn(C(=O)NC2CCCCC2)c1. The number of rotatable bonds is 2. The maximum atomic E-state index is 11.9. The van der Waals surface area contributed by atoms with Crippen molar-refractivity contribution in [1.82, 2.24) is 9.88 Å². The van der Waals surface area contributed by atoms with Crippen molar-refractivity contribution in [3.05, 3.63) is 24.0 Å². The van der Waals surface area contributed by atoms with E-state index >= 15 is 0 Å². The first-order valence-electron chi connectivity index (χ1n) is 5.97. The van der Waals surface area contributed by atoms with Crippen LogP contribution in [0.3, 0.4) is 0 Å². The van der Waals surface area contributed by atoms with Gasteiger partial charge in [-0.15, -0.1) is 0 Å². The molecule has 2 rings (SSSR count). The van der Waals surface area contributed by atoms with E-state index in [0.29, 0.717) is 12.6 Å². The fourth-order valence-electron chi connectivity index (χ4n) is 2.18. The maximum absolute atomic E-state index is 11.9. The Balaban J connectivity index is 1.91. The van der Waals surface area contributed by atoms with E-state index in [1.807, 2.05) is 6.07 Å². The van der Waals surface area contributed by atoms with Crippen molar-refractivity contribution < 1.29 is 4.79 Å². The molecule has 88 valence electrons. The molecule has 1 saturated carbocycles. The van der Waals surface area contributed by atoms with E-state index in [1.54, 1.807) is 17.0 Å². The van der Waals surface area contributed by atoms with Crippen LogP contribution < -0.4 is 11.1 Å². The van der Waals surface area contributed by atoms with Crippen molar-refractivity contribution in [2.24, 2.45) is 5.73 Å². The summed E-state index contributed by atoms with van der Waals surface area (Å²) in [6, 6.07) is 2.19. The van der Waals surface area contributed by atoms with E-state index in [0.717, 1.165) is 18.4 Å². The maximum Gasteiger partial charge on any atom is 0.325 e. The van der Waals surface area contributed by atoms with Gasteiger partial charge < -0.3 is 11.1 Å². The molecule has 1 amide bonds. The molecular formula is C12H19N3O. The van der Waals surface area contributed by atoms with Gasteiger partial charge in [0.1, 0.15) is 0 Å². The zero-order valence-electron chi connectivity index (χ0n) is 9.48. The van der Waals surface area contributed by atoms with Crippen molar-refractivity contribution in [2.45, 2.75) is 44.7 Å². The molecule has 1 aromatic heterocycles. The number of carbonyl (C=O) groups is 1. The summed E-state index contributed by atoms with van der Waals surface area (Å²) in [5.74, 6) is 0. The lowest BCUT2D eigenvalue weighted by molar-refractivity contribution is 0.234. The number of amides is 1. The second-order valence-corrected chi connectivity index (χ2v) is 4.42. The van der Waals surface area contributed by atoms with Crippen molar-refractivity contribution in [3.63, 3.8) is 0 Å². The number of nitrogens with one attached hydrogen (secondary N) is 1. The Hall–Kier alpha value is -1.29. The highest BCUT2D eigenvalue weighted by molar-refractivity contribution is 5.77. The minimum Gasteiger partial charge on any atom is -0.335 e. The zero-order valence-corrected chi connectivity index (χ0v) is 9.48. The summed E-state index contributed by atoms with van der Waals surface area (Å²) >= 11 is 0. The van der Waals surface area contributed by atoms with Gasteiger partial charge in [-0.05, 0) is 24.5 Å². The Labute approximate surface area is 95.8 Å². The van der Waals surface area contributed by atoms with E-state index in [2.05, 4.69) is 5.32 Å². The van der Waals surface area contributed by atoms with Gasteiger partial charge in [0.25, 0.3) is 0 Å². The highest BCUT2D eigenvalue weighted by atomic mass is 16.2. The summed E-state index contributed by atoms with van der Waals surface area (Å²) in [4.78, 5) is 11.9. The Bertz CT molecular complexity index is 353. The molecular weight excluding hydrogens is 202 g/mol. The van der Waals surface area contributed by atoms with Gasteiger partial charge in [0.05, 0.1) is 0 Å². The van der Waals surface area contributed by atoms with E-state index < -0.39 is 0 Å². The Morgan fingerprint density at radius 3 is 2.81 bits per heavy atom. The summed E-state index contributed by atoms with van der Waals surface area (Å²) in [5, 5.41) is 3.06. The topological polar surface area (TPSA) is 60.0 Å². The fraction of sp³-hybridized carbons (Fsp3) is 0.583. The van der Waals surface area contributed by atoms with Gasteiger partial charge in [0.15, 0.2) is 0 Å². The van der Waals surface area contributed by atoms with Crippen LogP contribution in [-0.2, 0) is 6.54 Å². The zero-order chi connectivity index (χ0) is 11.4. The predicted octanol–water partition coefficient (Wildman–Crippen LogP) is 1.84. The van der Waals surface area contributed by atoms with Crippen LogP contribution in [0.4, 0.5) is 4.79 Å². The van der Waals surface area contributed by atoms with Crippen molar-refractivity contribution in [2.75, 3.05) is 0 Å². The monoisotopic (exact) mass is 221 g/mol. The molecule has 4 nitrogen and oxygen atoms in total. The third-order valence-electron chi connectivity index (χ3n) is 3.16. The number of nitrogens with zero attached hydrogens (tertiary/aromatic N) is 1. The first-order chi connectivity index (χ1) is 7.79. The van der Waals surface area contributed by atoms with Crippen LogP contribution in [0.2, 0.25) is 0 Å². The quantitative estimate of drug-likeness (QED) is 0.800. The number of aromatic nitrogens is 1. The Morgan fingerprint density at radius 2 is 2.19 bits per heavy atom. The van der Waals surface area contributed by atoms with Crippen LogP contribution in [0.25, 0.3) is 0 Å². The average Bonchev–Trinajstić information content (AvgIpc) is 2.79. The number of hydrogen-bond donors (Lipinski definition) is 2. The van der Waals surface area contributed by atoms with E-state index in [-0.39, 0.29) is 6.03 Å². The van der Waals surface area contributed by atoms with Gasteiger partial charge in [-0.1, -0.05) is 19.3 Å². The van der Waals surface area contributed by atoms with Crippen LogP contribution in [0.5, 0.6) is 0 Å². The molecule has 0 aromatic carbocycles. The first-order valence-corrected chi connectivity index (χ1v) is 5.97. The van der Waals surface area contributed by atoms with E-state index in [1.165, 1.54) is 19.3 Å². The molecule has 0 atom stereocenters. The molecule has 1 fully saturated rings. The summed E-state index contributed by atoms with van der Waals surface area (Å²) in [7, 11) is 0. The largest absolute Gasteiger partial charge is 0.335 e. The molecule has 0 spiro atoms. The molecule has 1 aromatic rings. The summed E-state index contributed by atoms with van der Waals surface area (Å²) in [5.41, 5.74) is 6.49. The lowest BCUT2D eigenvalue weighted by atomic mass is 9.96. The number of hydrogen-bond acceptors (Lipinski definition) is 2. The number of carbonyl (C=O) groups excluding carboxylic acids is 1. The van der Waals surface area contributed by atoms with Crippen LogP contribution in [0, 0.1) is 0 Å². The van der Waals surface area contributed by atoms with Crippen LogP contribution >= 0.6 is 0 Å². The minimum absolute atomic E-state index is 0.0356. The predicted molar refractivity (Wildman–Crippen MR) is 63.1 cm³/mol. The van der Waals surface area contributed by atoms with Gasteiger partial charge in [-0.25, -0.2) is 4.79 Å². The van der Waals surface area contributed by atoms with Gasteiger partial charge >= 0.3 is 6.03 Å². The van der Waals surface area contributed by atoms with Crippen LogP contribution in [0.15, 0.2) is 18.5 Å². The molecule has 0 aliphatic heterocycles. The molecule has 1 aliphatic carbocycles. The second-order valence-electron chi connectivity index (χ2n) is 4.42. The molecule has 1 heterocycles. The molecule has 0 unspecified atom stereocenters. The highest BCUT2D eigenvalue weighted by Gasteiger charge is 2.16. The highest BCUT2D eigenvalue weighted by Crippen LogP contribution is 2.17. The molecule has 16 heavy (non-hydrogen) atoms. The third kappa shape index (κ3) is 2.64. The fourth-order valence-corrected chi connectivity index (χ4v) is 2.18. The molecule has 0 radical (unpaired) electrons. The summed E-state index contributed by atoms with van der Waals surface area (Å²) < 4.78 is 1.58. The number of nitrogens with two attached hydrogens (primary N) is 1. The van der Waals surface area contributed by atoms with Gasteiger partial charge in [0.2, 0.25) is 0 Å². The normalized spacial score (nSPS) is 17.3. The lowest BCUT2D eigenvalue weighted by Crippen LogP contribution is -2.38. The van der Waals surface area contributed by atoms with Crippen LogP contribution in [0.1, 0.15) is 37.7 Å². The molecule has 0 saturated heterocycles. The standard InChI is InChI=1S/C12H19N3O/c13-8-10-6-7-15(9-10)12(16)14-11-4-2-1-3-5-11/h6-7,9,11H,1-5,8,13H2,(H,14,16). The first kappa shape index (κ1) is 11.2. The van der Waals surface area contributed by atoms with Gasteiger partial charge in [-0.3, -0.25) is 4.57 Å². The minimum atomic E-state index is -0.0356.